The van der Waals surface area contributed by atoms with Crippen molar-refractivity contribution in [3.05, 3.63) is 0 Å². The molecule has 156 valence electrons. The Bertz CT molecular complexity index is 805. The number of rotatable bonds is 8. The number of anilines is 1. The molecule has 1 fully saturated rings. The quantitative estimate of drug-likeness (QED) is 0.734. The minimum absolute atomic E-state index is 0.0320. The summed E-state index contributed by atoms with van der Waals surface area (Å²) in [7, 11) is 1.61. The number of ether oxygens (including phenoxy) is 3. The van der Waals surface area contributed by atoms with E-state index in [9.17, 15) is 0 Å². The maximum Gasteiger partial charge on any atom is 0.320 e. The van der Waals surface area contributed by atoms with Crippen LogP contribution >= 0.6 is 0 Å². The third kappa shape index (κ3) is 4.66. The molecule has 2 N–H and O–H groups in total. The Morgan fingerprint density at radius 1 is 1.32 bits per heavy atom. The highest BCUT2D eigenvalue weighted by Gasteiger charge is 2.29. The molecule has 1 unspecified atom stereocenters. The number of fused-ring (bicyclic) bond motifs is 1. The molecule has 0 saturated carbocycles. The van der Waals surface area contributed by atoms with Gasteiger partial charge in [-0.2, -0.15) is 15.0 Å². The Balaban J connectivity index is 1.84. The summed E-state index contributed by atoms with van der Waals surface area (Å²) in [4.78, 5) is 13.4. The van der Waals surface area contributed by atoms with Crippen LogP contribution in [0.5, 0.6) is 12.0 Å². The van der Waals surface area contributed by atoms with Gasteiger partial charge in [0, 0.05) is 13.2 Å². The molecule has 0 amide bonds. The minimum atomic E-state index is -0.0625. The van der Waals surface area contributed by atoms with Crippen molar-refractivity contribution < 1.29 is 14.2 Å². The molecule has 0 aromatic carbocycles. The smallest absolute Gasteiger partial charge is 0.320 e. The summed E-state index contributed by atoms with van der Waals surface area (Å²) in [5, 5.41) is 0. The van der Waals surface area contributed by atoms with Crippen LogP contribution < -0.4 is 15.2 Å². The summed E-state index contributed by atoms with van der Waals surface area (Å²) in [6.45, 7) is 10.00. The van der Waals surface area contributed by atoms with Gasteiger partial charge in [-0.15, -0.1) is 0 Å². The standard InChI is InChI=1S/C20H33N5O3/c1-6-7-13(2)28-18-23-16(21)15-17(24-18)25(19(22-15)26-5)10-8-14-9-11-27-20(3,4)12-14/h13-14H,6-12H2,1-5H3,(H2,21,23,24)/t13-,14?/m0/s1. The minimum Gasteiger partial charge on any atom is -0.468 e. The summed E-state index contributed by atoms with van der Waals surface area (Å²) in [5.41, 5.74) is 7.29. The molecule has 2 aromatic heterocycles. The summed E-state index contributed by atoms with van der Waals surface area (Å²) in [5.74, 6) is 0.901. The molecule has 28 heavy (non-hydrogen) atoms. The fourth-order valence-corrected chi connectivity index (χ4v) is 3.95. The normalized spacial score (nSPS) is 20.2. The molecule has 8 nitrogen and oxygen atoms in total. The van der Waals surface area contributed by atoms with Crippen molar-refractivity contribution in [2.45, 2.75) is 78.0 Å². The Morgan fingerprint density at radius 2 is 2.11 bits per heavy atom. The molecular formula is C20H33N5O3. The third-order valence-electron chi connectivity index (χ3n) is 5.31. The zero-order valence-corrected chi connectivity index (χ0v) is 17.7. The van der Waals surface area contributed by atoms with Crippen molar-refractivity contribution in [1.82, 2.24) is 19.5 Å². The number of imidazole rings is 1. The molecular weight excluding hydrogens is 358 g/mol. The van der Waals surface area contributed by atoms with Gasteiger partial charge in [-0.05, 0) is 52.4 Å². The predicted molar refractivity (Wildman–Crippen MR) is 109 cm³/mol. The summed E-state index contributed by atoms with van der Waals surface area (Å²) >= 11 is 0. The second-order valence-corrected chi connectivity index (χ2v) is 8.29. The third-order valence-corrected chi connectivity index (χ3v) is 5.31. The summed E-state index contributed by atoms with van der Waals surface area (Å²) < 4.78 is 19.2. The highest BCUT2D eigenvalue weighted by molar-refractivity contribution is 5.83. The van der Waals surface area contributed by atoms with Gasteiger partial charge >= 0.3 is 6.01 Å². The van der Waals surface area contributed by atoms with Crippen molar-refractivity contribution in [1.29, 1.82) is 0 Å². The van der Waals surface area contributed by atoms with Gasteiger partial charge in [0.2, 0.25) is 0 Å². The summed E-state index contributed by atoms with van der Waals surface area (Å²) in [6, 6.07) is 0.794. The Hall–Kier alpha value is -2.09. The van der Waals surface area contributed by atoms with Gasteiger partial charge in [0.05, 0.1) is 18.8 Å². The number of hydrogen-bond acceptors (Lipinski definition) is 7. The number of nitrogens with zero attached hydrogens (tertiary/aromatic N) is 4. The lowest BCUT2D eigenvalue weighted by atomic mass is 9.86. The molecule has 1 aliphatic rings. The van der Waals surface area contributed by atoms with Crippen LogP contribution in [0, 0.1) is 5.92 Å². The van der Waals surface area contributed by atoms with Crippen LogP contribution in [0.2, 0.25) is 0 Å². The largest absolute Gasteiger partial charge is 0.468 e. The van der Waals surface area contributed by atoms with Crippen LogP contribution in [0.1, 0.15) is 59.8 Å². The zero-order valence-electron chi connectivity index (χ0n) is 17.7. The molecule has 8 heteroatoms. The second-order valence-electron chi connectivity index (χ2n) is 8.29. The lowest BCUT2D eigenvalue weighted by Crippen LogP contribution is -2.34. The van der Waals surface area contributed by atoms with Crippen molar-refractivity contribution in [3.63, 3.8) is 0 Å². The van der Waals surface area contributed by atoms with E-state index in [0.29, 0.717) is 34.9 Å². The van der Waals surface area contributed by atoms with E-state index >= 15 is 0 Å². The van der Waals surface area contributed by atoms with E-state index in [1.807, 2.05) is 11.5 Å². The van der Waals surface area contributed by atoms with Crippen LogP contribution in [0.4, 0.5) is 5.82 Å². The van der Waals surface area contributed by atoms with Crippen molar-refractivity contribution >= 4 is 17.0 Å². The SMILES string of the molecule is CCC[C@H](C)Oc1nc(N)c2nc(OC)n(CCC3CCOC(C)(C)C3)c2n1. The van der Waals surface area contributed by atoms with Gasteiger partial charge in [0.15, 0.2) is 17.0 Å². The van der Waals surface area contributed by atoms with Crippen LogP contribution in [0.15, 0.2) is 0 Å². The molecule has 2 aromatic rings. The first kappa shape index (κ1) is 20.6. The molecule has 0 aliphatic carbocycles. The molecule has 3 heterocycles. The van der Waals surface area contributed by atoms with Crippen molar-refractivity contribution in [2.24, 2.45) is 5.92 Å². The highest BCUT2D eigenvalue weighted by Crippen LogP contribution is 2.32. The first-order chi connectivity index (χ1) is 13.3. The number of hydrogen-bond donors (Lipinski definition) is 1. The lowest BCUT2D eigenvalue weighted by Gasteiger charge is -2.35. The van der Waals surface area contributed by atoms with E-state index in [1.54, 1.807) is 7.11 Å². The fourth-order valence-electron chi connectivity index (χ4n) is 3.95. The van der Waals surface area contributed by atoms with E-state index < -0.39 is 0 Å². The average molecular weight is 392 g/mol. The Kier molecular flexibility index (Phi) is 6.27. The molecule has 0 spiro atoms. The topological polar surface area (TPSA) is 97.3 Å². The molecule has 0 radical (unpaired) electrons. The highest BCUT2D eigenvalue weighted by atomic mass is 16.5. The molecule has 3 rings (SSSR count). The van der Waals surface area contributed by atoms with E-state index in [1.165, 1.54) is 0 Å². The molecule has 2 atom stereocenters. The number of aromatic nitrogens is 4. The van der Waals surface area contributed by atoms with Gasteiger partial charge in [-0.1, -0.05) is 13.3 Å². The van der Waals surface area contributed by atoms with E-state index in [-0.39, 0.29) is 11.7 Å². The van der Waals surface area contributed by atoms with Crippen LogP contribution in [0.3, 0.4) is 0 Å². The molecule has 1 aliphatic heterocycles. The summed E-state index contributed by atoms with van der Waals surface area (Å²) in [6.07, 6.45) is 5.11. The maximum absolute atomic E-state index is 6.14. The Labute approximate surface area is 166 Å². The van der Waals surface area contributed by atoms with Crippen molar-refractivity contribution in [3.8, 4) is 12.0 Å². The number of methoxy groups -OCH3 is 1. The first-order valence-corrected chi connectivity index (χ1v) is 10.2. The van der Waals surface area contributed by atoms with E-state index in [0.717, 1.165) is 45.3 Å². The van der Waals surface area contributed by atoms with E-state index in [2.05, 4.69) is 35.7 Å². The van der Waals surface area contributed by atoms with Crippen LogP contribution in [-0.4, -0.2) is 44.9 Å². The first-order valence-electron chi connectivity index (χ1n) is 10.2. The van der Waals surface area contributed by atoms with Gasteiger partial charge in [0.1, 0.15) is 0 Å². The second kappa shape index (κ2) is 8.51. The average Bonchev–Trinajstić information content (AvgIpc) is 2.97. The van der Waals surface area contributed by atoms with Crippen LogP contribution in [-0.2, 0) is 11.3 Å². The molecule has 0 bridgehead atoms. The monoisotopic (exact) mass is 391 g/mol. The van der Waals surface area contributed by atoms with Crippen LogP contribution in [0.25, 0.3) is 11.2 Å². The maximum atomic E-state index is 6.14. The molecule has 1 saturated heterocycles. The van der Waals surface area contributed by atoms with E-state index in [4.69, 9.17) is 19.9 Å². The predicted octanol–water partition coefficient (Wildman–Crippen LogP) is 3.58. The van der Waals surface area contributed by atoms with Gasteiger partial charge in [-0.25, -0.2) is 0 Å². The van der Waals surface area contributed by atoms with Crippen molar-refractivity contribution in [2.75, 3.05) is 19.5 Å². The number of aryl methyl sites for hydroxylation is 1. The Morgan fingerprint density at radius 3 is 2.79 bits per heavy atom. The fraction of sp³-hybridized carbons (Fsp3) is 0.750. The van der Waals surface area contributed by atoms with Gasteiger partial charge in [0.25, 0.3) is 6.01 Å². The lowest BCUT2D eigenvalue weighted by molar-refractivity contribution is -0.0740. The zero-order chi connectivity index (χ0) is 20.3. The van der Waals surface area contributed by atoms with Gasteiger partial charge < -0.3 is 19.9 Å². The van der Waals surface area contributed by atoms with Gasteiger partial charge in [-0.3, -0.25) is 4.57 Å². The number of nitrogens with two attached hydrogens (primary N) is 1. The number of nitrogen functional groups attached to an aromatic ring is 1.